The van der Waals surface area contributed by atoms with Gasteiger partial charge in [0.05, 0.1) is 12.1 Å². The van der Waals surface area contributed by atoms with Gasteiger partial charge in [0.15, 0.2) is 6.10 Å². The van der Waals surface area contributed by atoms with Crippen molar-refractivity contribution in [3.8, 4) is 5.75 Å². The molecule has 24 heavy (non-hydrogen) atoms. The van der Waals surface area contributed by atoms with E-state index in [0.29, 0.717) is 10.8 Å². The fourth-order valence-corrected chi connectivity index (χ4v) is 2.14. The number of carbonyl (C=O) groups excluding carboxylic acids is 1. The average Bonchev–Trinajstić information content (AvgIpc) is 2.53. The van der Waals surface area contributed by atoms with E-state index in [1.807, 2.05) is 0 Å². The Balaban J connectivity index is 2.30. The van der Waals surface area contributed by atoms with Crippen molar-refractivity contribution in [2.24, 2.45) is 0 Å². The van der Waals surface area contributed by atoms with Gasteiger partial charge in [-0.2, -0.15) is 8.78 Å². The Morgan fingerprint density at radius 1 is 1.21 bits per heavy atom. The van der Waals surface area contributed by atoms with Crippen molar-refractivity contribution in [2.45, 2.75) is 12.7 Å². The standard InChI is InChI=1S/C16H15F2NO5/c1-23-13(15(21)22)8-19-14(20)11-6-9-4-2-3-5-10(9)7-12(11)24-16(17)18/h2-7,13,16H,8H2,1H3,(H,19,20)(H,21,22). The summed E-state index contributed by atoms with van der Waals surface area (Å²) >= 11 is 0. The number of methoxy groups -OCH3 is 1. The molecule has 1 atom stereocenters. The van der Waals surface area contributed by atoms with E-state index in [-0.39, 0.29) is 17.9 Å². The lowest BCUT2D eigenvalue weighted by Crippen LogP contribution is -2.38. The van der Waals surface area contributed by atoms with Crippen LogP contribution >= 0.6 is 0 Å². The first-order chi connectivity index (χ1) is 11.4. The Hall–Kier alpha value is -2.74. The van der Waals surface area contributed by atoms with Crippen LogP contribution in [0.5, 0.6) is 5.75 Å². The molecule has 0 spiro atoms. The minimum Gasteiger partial charge on any atom is -0.479 e. The number of carboxylic acids is 1. The highest BCUT2D eigenvalue weighted by atomic mass is 19.3. The van der Waals surface area contributed by atoms with Crippen molar-refractivity contribution in [2.75, 3.05) is 13.7 Å². The summed E-state index contributed by atoms with van der Waals surface area (Å²) in [7, 11) is 1.19. The molecular formula is C16H15F2NO5. The van der Waals surface area contributed by atoms with Crippen molar-refractivity contribution in [3.63, 3.8) is 0 Å². The number of carbonyl (C=O) groups is 2. The maximum atomic E-state index is 12.6. The molecule has 2 N–H and O–H groups in total. The maximum absolute atomic E-state index is 12.6. The molecule has 0 heterocycles. The molecule has 0 aliphatic carbocycles. The Bertz CT molecular complexity index is 750. The predicted molar refractivity (Wildman–Crippen MR) is 81.3 cm³/mol. The fourth-order valence-electron chi connectivity index (χ4n) is 2.14. The molecule has 0 saturated carbocycles. The average molecular weight is 339 g/mol. The van der Waals surface area contributed by atoms with E-state index in [4.69, 9.17) is 9.84 Å². The number of alkyl halides is 2. The molecule has 8 heteroatoms. The van der Waals surface area contributed by atoms with E-state index >= 15 is 0 Å². The first-order valence-corrected chi connectivity index (χ1v) is 6.93. The first-order valence-electron chi connectivity index (χ1n) is 6.93. The minimum absolute atomic E-state index is 0.116. The molecule has 2 rings (SSSR count). The number of halogens is 2. The molecule has 0 bridgehead atoms. The molecule has 6 nitrogen and oxygen atoms in total. The lowest BCUT2D eigenvalue weighted by molar-refractivity contribution is -0.148. The normalized spacial score (nSPS) is 12.2. The second-order valence-corrected chi connectivity index (χ2v) is 4.85. The van der Waals surface area contributed by atoms with Gasteiger partial charge in [-0.15, -0.1) is 0 Å². The number of carboxylic acid groups (broad SMARTS) is 1. The van der Waals surface area contributed by atoms with Gasteiger partial charge in [0.25, 0.3) is 5.91 Å². The molecule has 128 valence electrons. The Morgan fingerprint density at radius 2 is 1.83 bits per heavy atom. The zero-order valence-corrected chi connectivity index (χ0v) is 12.7. The number of hydrogen-bond acceptors (Lipinski definition) is 4. The summed E-state index contributed by atoms with van der Waals surface area (Å²) in [6.45, 7) is -3.41. The van der Waals surface area contributed by atoms with E-state index < -0.39 is 24.6 Å². The van der Waals surface area contributed by atoms with Crippen LogP contribution in [-0.4, -0.2) is 43.4 Å². The van der Waals surface area contributed by atoms with Gasteiger partial charge in [-0.05, 0) is 22.9 Å². The van der Waals surface area contributed by atoms with Crippen LogP contribution in [0.15, 0.2) is 36.4 Å². The van der Waals surface area contributed by atoms with Gasteiger partial charge in [-0.3, -0.25) is 4.79 Å². The third-order valence-electron chi connectivity index (χ3n) is 3.32. The summed E-state index contributed by atoms with van der Waals surface area (Å²) in [4.78, 5) is 23.1. The van der Waals surface area contributed by atoms with Crippen LogP contribution in [0.3, 0.4) is 0 Å². The van der Waals surface area contributed by atoms with Crippen molar-refractivity contribution in [1.29, 1.82) is 0 Å². The molecular weight excluding hydrogens is 324 g/mol. The van der Waals surface area contributed by atoms with Crippen LogP contribution in [0.1, 0.15) is 10.4 Å². The highest BCUT2D eigenvalue weighted by molar-refractivity contribution is 6.01. The molecule has 1 amide bonds. The zero-order valence-electron chi connectivity index (χ0n) is 12.7. The van der Waals surface area contributed by atoms with Gasteiger partial charge >= 0.3 is 12.6 Å². The largest absolute Gasteiger partial charge is 0.479 e. The number of amides is 1. The zero-order chi connectivity index (χ0) is 17.7. The first kappa shape index (κ1) is 17.6. The lowest BCUT2D eigenvalue weighted by atomic mass is 10.1. The molecule has 0 aliphatic heterocycles. The van der Waals surface area contributed by atoms with Gasteiger partial charge in [0, 0.05) is 7.11 Å². The molecule has 2 aromatic carbocycles. The topological polar surface area (TPSA) is 84.9 Å². The van der Waals surface area contributed by atoms with Gasteiger partial charge in [-0.25, -0.2) is 4.79 Å². The van der Waals surface area contributed by atoms with E-state index in [1.54, 1.807) is 24.3 Å². The molecule has 0 aromatic heterocycles. The lowest BCUT2D eigenvalue weighted by Gasteiger charge is -2.14. The van der Waals surface area contributed by atoms with Gasteiger partial charge in [0.1, 0.15) is 5.75 Å². The molecule has 0 radical (unpaired) electrons. The highest BCUT2D eigenvalue weighted by Crippen LogP contribution is 2.27. The summed E-state index contributed by atoms with van der Waals surface area (Å²) < 4.78 is 34.3. The Morgan fingerprint density at radius 3 is 2.38 bits per heavy atom. The smallest absolute Gasteiger partial charge is 0.387 e. The van der Waals surface area contributed by atoms with E-state index in [9.17, 15) is 18.4 Å². The van der Waals surface area contributed by atoms with Crippen molar-refractivity contribution in [1.82, 2.24) is 5.32 Å². The number of fused-ring (bicyclic) bond motifs is 1. The summed E-state index contributed by atoms with van der Waals surface area (Å²) in [5, 5.41) is 12.5. The van der Waals surface area contributed by atoms with E-state index in [1.165, 1.54) is 19.2 Å². The summed E-state index contributed by atoms with van der Waals surface area (Å²) in [5.41, 5.74) is -0.116. The number of hydrogen-bond donors (Lipinski definition) is 2. The molecule has 1 unspecified atom stereocenters. The van der Waals surface area contributed by atoms with Crippen LogP contribution in [-0.2, 0) is 9.53 Å². The number of benzene rings is 2. The van der Waals surface area contributed by atoms with E-state index in [0.717, 1.165) is 0 Å². The van der Waals surface area contributed by atoms with Gasteiger partial charge in [0.2, 0.25) is 0 Å². The van der Waals surface area contributed by atoms with Crippen LogP contribution < -0.4 is 10.1 Å². The SMILES string of the molecule is COC(CNC(=O)c1cc2ccccc2cc1OC(F)F)C(=O)O. The fraction of sp³-hybridized carbons (Fsp3) is 0.250. The van der Waals surface area contributed by atoms with Crippen molar-refractivity contribution in [3.05, 3.63) is 42.0 Å². The molecule has 0 aliphatic rings. The highest BCUT2D eigenvalue weighted by Gasteiger charge is 2.21. The van der Waals surface area contributed by atoms with Gasteiger partial charge in [-0.1, -0.05) is 24.3 Å². The number of ether oxygens (including phenoxy) is 2. The summed E-state index contributed by atoms with van der Waals surface area (Å²) in [6, 6.07) is 9.62. The molecule has 0 saturated heterocycles. The monoisotopic (exact) mass is 339 g/mol. The third kappa shape index (κ3) is 4.17. The van der Waals surface area contributed by atoms with Crippen molar-refractivity contribution < 1.29 is 33.0 Å². The quantitative estimate of drug-likeness (QED) is 0.808. The van der Waals surface area contributed by atoms with Crippen molar-refractivity contribution >= 4 is 22.6 Å². The second-order valence-electron chi connectivity index (χ2n) is 4.85. The van der Waals surface area contributed by atoms with Crippen LogP contribution in [0.2, 0.25) is 0 Å². The number of aliphatic carboxylic acids is 1. The summed E-state index contributed by atoms with van der Waals surface area (Å²) in [6.07, 6.45) is -1.24. The Kier molecular flexibility index (Phi) is 5.64. The summed E-state index contributed by atoms with van der Waals surface area (Å²) in [5.74, 6) is -2.27. The second kappa shape index (κ2) is 7.69. The number of nitrogens with one attached hydrogen (secondary N) is 1. The number of rotatable bonds is 7. The predicted octanol–water partition coefficient (Wildman–Crippen LogP) is 2.27. The maximum Gasteiger partial charge on any atom is 0.387 e. The van der Waals surface area contributed by atoms with Crippen LogP contribution in [0.4, 0.5) is 8.78 Å². The Labute approximate surface area is 136 Å². The third-order valence-corrected chi connectivity index (χ3v) is 3.32. The minimum atomic E-state index is -3.09. The molecule has 0 fully saturated rings. The van der Waals surface area contributed by atoms with Crippen LogP contribution in [0.25, 0.3) is 10.8 Å². The van der Waals surface area contributed by atoms with Gasteiger partial charge < -0.3 is 19.9 Å². The molecule has 2 aromatic rings. The van der Waals surface area contributed by atoms with Crippen LogP contribution in [0, 0.1) is 0 Å². The van der Waals surface area contributed by atoms with E-state index in [2.05, 4.69) is 10.1 Å².